The number of hydrogen-bond acceptors (Lipinski definition) is 5. The molecule has 6 heteroatoms. The Hall–Kier alpha value is -3.46. The van der Waals surface area contributed by atoms with E-state index < -0.39 is 23.7 Å². The average molecular weight is 408 g/mol. The van der Waals surface area contributed by atoms with Gasteiger partial charge in [-0.2, -0.15) is 0 Å². The monoisotopic (exact) mass is 408 g/mol. The Morgan fingerprint density at radius 1 is 1.13 bits per heavy atom. The van der Waals surface area contributed by atoms with Crippen molar-refractivity contribution in [2.45, 2.75) is 52.4 Å². The highest BCUT2D eigenvalue weighted by Crippen LogP contribution is 2.12. The van der Waals surface area contributed by atoms with Gasteiger partial charge in [0.2, 0.25) is 0 Å². The molecule has 30 heavy (non-hydrogen) atoms. The van der Waals surface area contributed by atoms with E-state index in [1.165, 1.54) is 0 Å². The standard InChI is InChI=1S/C24H28N2O4/c1-17-15-20(25)14-13-19(17)11-8-12-21(26-23(28)30-24(2,3)4)22(27)29-16-18-9-6-5-7-10-18/h5-7,9-10,13-15,21H,12,16,25H2,1-4H3,(H,26,28). The Morgan fingerprint density at radius 3 is 2.47 bits per heavy atom. The third kappa shape index (κ3) is 7.88. The zero-order valence-electron chi connectivity index (χ0n) is 17.8. The van der Waals surface area contributed by atoms with Crippen LogP contribution < -0.4 is 11.1 Å². The van der Waals surface area contributed by atoms with Crippen LogP contribution in [0.3, 0.4) is 0 Å². The van der Waals surface area contributed by atoms with E-state index in [0.717, 1.165) is 16.7 Å². The summed E-state index contributed by atoms with van der Waals surface area (Å²) in [6.45, 7) is 7.26. The zero-order chi connectivity index (χ0) is 22.1. The maximum absolute atomic E-state index is 12.6. The van der Waals surface area contributed by atoms with Crippen LogP contribution in [0.25, 0.3) is 0 Å². The Balaban J connectivity index is 2.09. The number of ether oxygens (including phenoxy) is 2. The van der Waals surface area contributed by atoms with Crippen molar-refractivity contribution in [2.75, 3.05) is 5.73 Å². The molecule has 2 aromatic rings. The summed E-state index contributed by atoms with van der Waals surface area (Å²) in [6, 6.07) is 13.8. The zero-order valence-corrected chi connectivity index (χ0v) is 17.8. The molecule has 0 aromatic heterocycles. The molecule has 2 aromatic carbocycles. The van der Waals surface area contributed by atoms with E-state index in [-0.39, 0.29) is 13.0 Å². The predicted molar refractivity (Wildman–Crippen MR) is 116 cm³/mol. The van der Waals surface area contributed by atoms with Gasteiger partial charge in [-0.3, -0.25) is 0 Å². The molecule has 1 unspecified atom stereocenters. The summed E-state index contributed by atoms with van der Waals surface area (Å²) in [5, 5.41) is 2.56. The summed E-state index contributed by atoms with van der Waals surface area (Å²) >= 11 is 0. The summed E-state index contributed by atoms with van der Waals surface area (Å²) in [5.41, 5.74) is 8.33. The maximum atomic E-state index is 12.6. The van der Waals surface area contributed by atoms with Crippen LogP contribution in [0.15, 0.2) is 48.5 Å². The summed E-state index contributed by atoms with van der Waals surface area (Å²) in [6.07, 6.45) is -0.619. The van der Waals surface area contributed by atoms with E-state index in [4.69, 9.17) is 15.2 Å². The number of esters is 1. The number of nitrogen functional groups attached to an aromatic ring is 1. The number of rotatable bonds is 5. The molecule has 0 aliphatic heterocycles. The van der Waals surface area contributed by atoms with Gasteiger partial charge in [-0.25, -0.2) is 9.59 Å². The van der Waals surface area contributed by atoms with Gasteiger partial charge in [0, 0.05) is 17.7 Å². The van der Waals surface area contributed by atoms with Gasteiger partial charge in [-0.1, -0.05) is 42.2 Å². The molecule has 0 saturated carbocycles. The summed E-state index contributed by atoms with van der Waals surface area (Å²) in [7, 11) is 0. The van der Waals surface area contributed by atoms with Crippen molar-refractivity contribution in [1.29, 1.82) is 0 Å². The first-order chi connectivity index (χ1) is 14.1. The lowest BCUT2D eigenvalue weighted by Crippen LogP contribution is -2.44. The van der Waals surface area contributed by atoms with Crippen LogP contribution in [-0.4, -0.2) is 23.7 Å². The van der Waals surface area contributed by atoms with Gasteiger partial charge in [0.1, 0.15) is 18.2 Å². The first-order valence-corrected chi connectivity index (χ1v) is 9.69. The molecule has 1 atom stereocenters. The lowest BCUT2D eigenvalue weighted by Gasteiger charge is -2.22. The minimum Gasteiger partial charge on any atom is -0.459 e. The third-order valence-corrected chi connectivity index (χ3v) is 3.98. The largest absolute Gasteiger partial charge is 0.459 e. The number of nitrogens with one attached hydrogen (secondary N) is 1. The molecular weight excluding hydrogens is 380 g/mol. The van der Waals surface area contributed by atoms with E-state index in [9.17, 15) is 9.59 Å². The second kappa shape index (κ2) is 10.4. The van der Waals surface area contributed by atoms with E-state index in [2.05, 4.69) is 17.2 Å². The average Bonchev–Trinajstić information content (AvgIpc) is 2.66. The van der Waals surface area contributed by atoms with Crippen LogP contribution in [0.2, 0.25) is 0 Å². The number of alkyl carbamates (subject to hydrolysis) is 1. The van der Waals surface area contributed by atoms with Gasteiger partial charge < -0.3 is 20.5 Å². The Labute approximate surface area is 177 Å². The van der Waals surface area contributed by atoms with Crippen LogP contribution in [-0.2, 0) is 20.9 Å². The number of carbonyl (C=O) groups is 2. The van der Waals surface area contributed by atoms with E-state index in [0.29, 0.717) is 5.69 Å². The molecule has 0 aliphatic carbocycles. The van der Waals surface area contributed by atoms with Crippen LogP contribution in [0.4, 0.5) is 10.5 Å². The lowest BCUT2D eigenvalue weighted by molar-refractivity contribution is -0.147. The predicted octanol–water partition coefficient (Wildman–Crippen LogP) is 3.96. The third-order valence-electron chi connectivity index (χ3n) is 3.98. The van der Waals surface area contributed by atoms with Gasteiger partial charge in [-0.15, -0.1) is 0 Å². The fourth-order valence-corrected chi connectivity index (χ4v) is 2.55. The molecule has 158 valence electrons. The number of benzene rings is 2. The molecule has 0 bridgehead atoms. The number of amides is 1. The molecule has 2 rings (SSSR count). The Kier molecular flexibility index (Phi) is 7.88. The molecule has 0 heterocycles. The van der Waals surface area contributed by atoms with Gasteiger partial charge in [0.05, 0.1) is 0 Å². The molecule has 0 radical (unpaired) electrons. The molecule has 6 nitrogen and oxygen atoms in total. The van der Waals surface area contributed by atoms with E-state index in [1.807, 2.05) is 49.4 Å². The van der Waals surface area contributed by atoms with Crippen molar-refractivity contribution in [3.05, 3.63) is 65.2 Å². The molecule has 0 spiro atoms. The summed E-state index contributed by atoms with van der Waals surface area (Å²) < 4.78 is 10.6. The summed E-state index contributed by atoms with van der Waals surface area (Å²) in [5.74, 6) is 5.39. The number of aryl methyl sites for hydroxylation is 1. The second-order valence-electron chi connectivity index (χ2n) is 7.87. The van der Waals surface area contributed by atoms with Crippen LogP contribution in [0.1, 0.15) is 43.9 Å². The highest BCUT2D eigenvalue weighted by Gasteiger charge is 2.25. The number of anilines is 1. The minimum absolute atomic E-state index is 0.0800. The van der Waals surface area contributed by atoms with Crippen LogP contribution >= 0.6 is 0 Å². The SMILES string of the molecule is Cc1cc(N)ccc1C#CCC(NC(=O)OC(C)(C)C)C(=O)OCc1ccccc1. The van der Waals surface area contributed by atoms with Crippen molar-refractivity contribution in [3.8, 4) is 11.8 Å². The van der Waals surface area contributed by atoms with Crippen molar-refractivity contribution in [3.63, 3.8) is 0 Å². The Bertz CT molecular complexity index is 937. The van der Waals surface area contributed by atoms with Gasteiger partial charge in [0.15, 0.2) is 0 Å². The molecule has 3 N–H and O–H groups in total. The summed E-state index contributed by atoms with van der Waals surface area (Å²) in [4.78, 5) is 24.8. The van der Waals surface area contributed by atoms with Crippen LogP contribution in [0.5, 0.6) is 0 Å². The van der Waals surface area contributed by atoms with Gasteiger partial charge >= 0.3 is 12.1 Å². The van der Waals surface area contributed by atoms with Gasteiger partial charge in [-0.05, 0) is 57.0 Å². The van der Waals surface area contributed by atoms with Crippen LogP contribution in [0, 0.1) is 18.8 Å². The molecule has 0 fully saturated rings. The second-order valence-corrected chi connectivity index (χ2v) is 7.87. The fourth-order valence-electron chi connectivity index (χ4n) is 2.55. The van der Waals surface area contributed by atoms with E-state index in [1.54, 1.807) is 26.8 Å². The van der Waals surface area contributed by atoms with Crippen molar-refractivity contribution in [2.24, 2.45) is 0 Å². The molecule has 1 amide bonds. The fraction of sp³-hybridized carbons (Fsp3) is 0.333. The normalized spacial score (nSPS) is 11.6. The highest BCUT2D eigenvalue weighted by atomic mass is 16.6. The number of carbonyl (C=O) groups excluding carboxylic acids is 2. The number of nitrogens with two attached hydrogens (primary N) is 1. The molecule has 0 aliphatic rings. The maximum Gasteiger partial charge on any atom is 0.408 e. The smallest absolute Gasteiger partial charge is 0.408 e. The quantitative estimate of drug-likeness (QED) is 0.444. The minimum atomic E-state index is -0.954. The first-order valence-electron chi connectivity index (χ1n) is 9.69. The first kappa shape index (κ1) is 22.8. The van der Waals surface area contributed by atoms with Crippen molar-refractivity contribution >= 4 is 17.7 Å². The van der Waals surface area contributed by atoms with Crippen molar-refractivity contribution in [1.82, 2.24) is 5.32 Å². The topological polar surface area (TPSA) is 90.6 Å². The molecular formula is C24H28N2O4. The van der Waals surface area contributed by atoms with Gasteiger partial charge in [0.25, 0.3) is 0 Å². The van der Waals surface area contributed by atoms with Crippen molar-refractivity contribution < 1.29 is 19.1 Å². The van der Waals surface area contributed by atoms with E-state index >= 15 is 0 Å². The Morgan fingerprint density at radius 2 is 1.83 bits per heavy atom. The lowest BCUT2D eigenvalue weighted by atomic mass is 10.1. The molecule has 0 saturated heterocycles. The highest BCUT2D eigenvalue weighted by molar-refractivity contribution is 5.81. The number of hydrogen-bond donors (Lipinski definition) is 2.